The van der Waals surface area contributed by atoms with Crippen LogP contribution < -0.4 is 5.32 Å². The minimum absolute atomic E-state index is 0.0680. The monoisotopic (exact) mass is 346 g/mol. The van der Waals surface area contributed by atoms with Crippen molar-refractivity contribution in [1.29, 1.82) is 0 Å². The van der Waals surface area contributed by atoms with Crippen molar-refractivity contribution in [3.8, 4) is 0 Å². The Bertz CT molecular complexity index is 831. The summed E-state index contributed by atoms with van der Waals surface area (Å²) in [6.45, 7) is 1.14. The summed E-state index contributed by atoms with van der Waals surface area (Å²) in [4.78, 5) is 23.4. The summed E-state index contributed by atoms with van der Waals surface area (Å²) in [5.41, 5.74) is 1.03. The van der Waals surface area contributed by atoms with E-state index in [0.717, 1.165) is 4.31 Å². The van der Waals surface area contributed by atoms with Gasteiger partial charge < -0.3 is 5.32 Å². The average molecular weight is 346 g/mol. The second-order valence-corrected chi connectivity index (χ2v) is 7.30. The molecule has 0 heterocycles. The van der Waals surface area contributed by atoms with Crippen molar-refractivity contribution >= 4 is 27.4 Å². The molecule has 0 spiro atoms. The van der Waals surface area contributed by atoms with Crippen LogP contribution in [-0.2, 0) is 14.8 Å². The van der Waals surface area contributed by atoms with Gasteiger partial charge in [-0.2, -0.15) is 4.31 Å². The van der Waals surface area contributed by atoms with E-state index >= 15 is 0 Å². The van der Waals surface area contributed by atoms with Gasteiger partial charge in [0.1, 0.15) is 0 Å². The fourth-order valence-electron chi connectivity index (χ4n) is 2.05. The lowest BCUT2D eigenvalue weighted by Gasteiger charge is -2.17. The van der Waals surface area contributed by atoms with Gasteiger partial charge in [-0.3, -0.25) is 9.59 Å². The van der Waals surface area contributed by atoms with Crippen molar-refractivity contribution < 1.29 is 18.0 Å². The van der Waals surface area contributed by atoms with Crippen LogP contribution in [0, 0.1) is 0 Å². The lowest BCUT2D eigenvalue weighted by atomic mass is 10.1. The molecule has 0 saturated heterocycles. The maximum Gasteiger partial charge on any atom is 0.243 e. The standard InChI is InChI=1S/C17H18N2O4S/c1-13(20)14-8-10-15(11-9-14)18-17(21)12-19(2)24(22,23)16-6-4-3-5-7-16/h3-11H,12H2,1-2H3,(H,18,21). The molecule has 0 bridgehead atoms. The first-order valence-electron chi connectivity index (χ1n) is 7.23. The smallest absolute Gasteiger partial charge is 0.243 e. The molecule has 2 rings (SSSR count). The number of rotatable bonds is 6. The minimum atomic E-state index is -3.72. The number of likely N-dealkylation sites (N-methyl/N-ethyl adjacent to an activating group) is 1. The predicted molar refractivity (Wildman–Crippen MR) is 91.3 cm³/mol. The van der Waals surface area contributed by atoms with E-state index in [0.29, 0.717) is 11.3 Å². The van der Waals surface area contributed by atoms with Crippen molar-refractivity contribution in [3.05, 3.63) is 60.2 Å². The molecule has 24 heavy (non-hydrogen) atoms. The Morgan fingerprint density at radius 2 is 1.58 bits per heavy atom. The fraction of sp³-hybridized carbons (Fsp3) is 0.176. The fourth-order valence-corrected chi connectivity index (χ4v) is 3.20. The van der Waals surface area contributed by atoms with Crippen molar-refractivity contribution in [2.45, 2.75) is 11.8 Å². The zero-order chi connectivity index (χ0) is 17.7. The van der Waals surface area contributed by atoms with Crippen LogP contribution in [0.2, 0.25) is 0 Å². The predicted octanol–water partition coefficient (Wildman–Crippen LogP) is 2.15. The van der Waals surface area contributed by atoms with Gasteiger partial charge in [0.05, 0.1) is 11.4 Å². The van der Waals surface area contributed by atoms with Crippen LogP contribution in [0.4, 0.5) is 5.69 Å². The summed E-state index contributed by atoms with van der Waals surface area (Å²) in [7, 11) is -2.37. The summed E-state index contributed by atoms with van der Waals surface area (Å²) >= 11 is 0. The van der Waals surface area contributed by atoms with Crippen LogP contribution >= 0.6 is 0 Å². The number of nitrogens with zero attached hydrogens (tertiary/aromatic N) is 1. The molecule has 2 aromatic rings. The Morgan fingerprint density at radius 3 is 2.12 bits per heavy atom. The number of carbonyl (C=O) groups excluding carboxylic acids is 2. The molecule has 2 aromatic carbocycles. The zero-order valence-electron chi connectivity index (χ0n) is 13.4. The SMILES string of the molecule is CC(=O)c1ccc(NC(=O)CN(C)S(=O)(=O)c2ccccc2)cc1. The molecule has 0 radical (unpaired) electrons. The minimum Gasteiger partial charge on any atom is -0.325 e. The Hall–Kier alpha value is -2.51. The Balaban J connectivity index is 2.02. The second-order valence-electron chi connectivity index (χ2n) is 5.26. The molecule has 0 fully saturated rings. The first kappa shape index (κ1) is 17.8. The number of hydrogen-bond donors (Lipinski definition) is 1. The molecule has 1 N–H and O–H groups in total. The van der Waals surface area contributed by atoms with Crippen molar-refractivity contribution in [2.75, 3.05) is 18.9 Å². The third-order valence-electron chi connectivity index (χ3n) is 3.39. The lowest BCUT2D eigenvalue weighted by molar-refractivity contribution is -0.116. The number of Topliss-reactive ketones (excluding diaryl/α,β-unsaturated/α-hetero) is 1. The van der Waals surface area contributed by atoms with Crippen LogP contribution in [0.1, 0.15) is 17.3 Å². The number of sulfonamides is 1. The highest BCUT2D eigenvalue weighted by Gasteiger charge is 2.22. The van der Waals surface area contributed by atoms with Gasteiger partial charge in [0.15, 0.2) is 5.78 Å². The molecule has 0 saturated carbocycles. The van der Waals surface area contributed by atoms with E-state index in [1.807, 2.05) is 0 Å². The van der Waals surface area contributed by atoms with Crippen LogP contribution in [0.3, 0.4) is 0 Å². The second kappa shape index (κ2) is 7.37. The topological polar surface area (TPSA) is 83.6 Å². The van der Waals surface area contributed by atoms with Crippen molar-refractivity contribution in [1.82, 2.24) is 4.31 Å². The Labute approximate surface area is 141 Å². The van der Waals surface area contributed by atoms with Crippen LogP contribution in [0.15, 0.2) is 59.5 Å². The third-order valence-corrected chi connectivity index (χ3v) is 5.21. The number of anilines is 1. The van der Waals surface area contributed by atoms with Gasteiger partial charge in [0.25, 0.3) is 0 Å². The highest BCUT2D eigenvalue weighted by Crippen LogP contribution is 2.14. The number of amides is 1. The van der Waals surface area contributed by atoms with E-state index < -0.39 is 15.9 Å². The number of hydrogen-bond acceptors (Lipinski definition) is 4. The van der Waals surface area contributed by atoms with E-state index in [2.05, 4.69) is 5.32 Å². The number of ketones is 1. The Kier molecular flexibility index (Phi) is 5.48. The molecule has 0 unspecified atom stereocenters. The molecule has 0 aliphatic carbocycles. The normalized spacial score (nSPS) is 11.3. The maximum absolute atomic E-state index is 12.3. The molecule has 0 aliphatic heterocycles. The molecule has 0 aliphatic rings. The lowest BCUT2D eigenvalue weighted by Crippen LogP contribution is -2.34. The summed E-state index contributed by atoms with van der Waals surface area (Å²) in [6.07, 6.45) is 0. The summed E-state index contributed by atoms with van der Waals surface area (Å²) in [6, 6.07) is 14.3. The van der Waals surface area contributed by atoms with Gasteiger partial charge in [-0.05, 0) is 43.3 Å². The first-order chi connectivity index (χ1) is 11.3. The van der Waals surface area contributed by atoms with Gasteiger partial charge in [0.2, 0.25) is 15.9 Å². The zero-order valence-corrected chi connectivity index (χ0v) is 14.2. The Morgan fingerprint density at radius 1 is 1.00 bits per heavy atom. The molecule has 7 heteroatoms. The summed E-state index contributed by atoms with van der Waals surface area (Å²) in [5.74, 6) is -0.533. The van der Waals surface area contributed by atoms with E-state index in [-0.39, 0.29) is 17.2 Å². The highest BCUT2D eigenvalue weighted by molar-refractivity contribution is 7.89. The molecule has 6 nitrogen and oxygen atoms in total. The van der Waals surface area contributed by atoms with E-state index in [4.69, 9.17) is 0 Å². The van der Waals surface area contributed by atoms with Crippen LogP contribution in [-0.4, -0.2) is 38.0 Å². The van der Waals surface area contributed by atoms with Gasteiger partial charge >= 0.3 is 0 Å². The third kappa shape index (κ3) is 4.27. The van der Waals surface area contributed by atoms with Crippen molar-refractivity contribution in [3.63, 3.8) is 0 Å². The maximum atomic E-state index is 12.3. The van der Waals surface area contributed by atoms with Gasteiger partial charge in [0, 0.05) is 18.3 Å². The first-order valence-corrected chi connectivity index (χ1v) is 8.67. The van der Waals surface area contributed by atoms with E-state index in [1.54, 1.807) is 42.5 Å². The molecular weight excluding hydrogens is 328 g/mol. The highest BCUT2D eigenvalue weighted by atomic mass is 32.2. The van der Waals surface area contributed by atoms with Gasteiger partial charge in [-0.25, -0.2) is 8.42 Å². The molecule has 126 valence electrons. The summed E-state index contributed by atoms with van der Waals surface area (Å²) < 4.78 is 25.7. The van der Waals surface area contributed by atoms with E-state index in [9.17, 15) is 18.0 Å². The number of nitrogens with one attached hydrogen (secondary N) is 1. The van der Waals surface area contributed by atoms with E-state index in [1.165, 1.54) is 26.1 Å². The summed E-state index contributed by atoms with van der Waals surface area (Å²) in [5, 5.41) is 2.61. The van der Waals surface area contributed by atoms with Crippen molar-refractivity contribution in [2.24, 2.45) is 0 Å². The largest absolute Gasteiger partial charge is 0.325 e. The van der Waals surface area contributed by atoms with Gasteiger partial charge in [-0.15, -0.1) is 0 Å². The number of carbonyl (C=O) groups is 2. The molecular formula is C17H18N2O4S. The van der Waals surface area contributed by atoms with Gasteiger partial charge in [-0.1, -0.05) is 18.2 Å². The van der Waals surface area contributed by atoms with Crippen LogP contribution in [0.5, 0.6) is 0 Å². The molecule has 0 aromatic heterocycles. The molecule has 0 atom stereocenters. The average Bonchev–Trinajstić information content (AvgIpc) is 2.56. The number of benzene rings is 2. The quantitative estimate of drug-likeness (QED) is 0.812. The molecule has 1 amide bonds. The van der Waals surface area contributed by atoms with Crippen LogP contribution in [0.25, 0.3) is 0 Å².